The molecule has 1 aliphatic rings. The van der Waals surface area contributed by atoms with E-state index in [9.17, 15) is 13.5 Å². The molecule has 0 aromatic heterocycles. The van der Waals surface area contributed by atoms with Crippen LogP contribution >= 0.6 is 0 Å². The van der Waals surface area contributed by atoms with Crippen LogP contribution in [0.5, 0.6) is 0 Å². The van der Waals surface area contributed by atoms with Crippen LogP contribution in [-0.2, 0) is 9.84 Å². The van der Waals surface area contributed by atoms with Crippen LogP contribution in [0.25, 0.3) is 0 Å². The number of aliphatic hydroxyl groups excluding tert-OH is 1. The standard InChI is InChI=1S/C16H33N3O3S/c1-13(15-8-7-9-23(21,22)11-15)19(6)14(2)16(20)10-18(5)12-17(3)4/h14-16,20H,1,7-12H2,2-6H3. The number of rotatable bonds is 8. The summed E-state index contributed by atoms with van der Waals surface area (Å²) >= 11 is 0. The molecule has 136 valence electrons. The van der Waals surface area contributed by atoms with Crippen LogP contribution in [0.3, 0.4) is 0 Å². The van der Waals surface area contributed by atoms with Crippen molar-refractivity contribution in [1.29, 1.82) is 0 Å². The van der Waals surface area contributed by atoms with Crippen molar-refractivity contribution in [2.24, 2.45) is 5.92 Å². The Balaban J connectivity index is 2.60. The lowest BCUT2D eigenvalue weighted by atomic mass is 9.99. The van der Waals surface area contributed by atoms with E-state index in [4.69, 9.17) is 0 Å². The van der Waals surface area contributed by atoms with Crippen molar-refractivity contribution >= 4 is 9.84 Å². The maximum absolute atomic E-state index is 11.8. The minimum Gasteiger partial charge on any atom is -0.390 e. The van der Waals surface area contributed by atoms with E-state index in [1.165, 1.54) is 0 Å². The summed E-state index contributed by atoms with van der Waals surface area (Å²) in [6.45, 7) is 7.39. The van der Waals surface area contributed by atoms with Crippen molar-refractivity contribution in [2.75, 3.05) is 52.9 Å². The summed E-state index contributed by atoms with van der Waals surface area (Å²) in [5.41, 5.74) is 0.815. The highest BCUT2D eigenvalue weighted by Crippen LogP contribution is 2.27. The van der Waals surface area contributed by atoms with E-state index in [0.717, 1.165) is 18.8 Å². The SMILES string of the molecule is C=C(C1CCCS(=O)(=O)C1)N(C)C(C)C(O)CN(C)CN(C)C. The predicted molar refractivity (Wildman–Crippen MR) is 94.9 cm³/mol. The van der Waals surface area contributed by atoms with Crippen molar-refractivity contribution < 1.29 is 13.5 Å². The average Bonchev–Trinajstić information content (AvgIpc) is 2.42. The first kappa shape index (κ1) is 20.4. The third-order valence-corrected chi connectivity index (χ3v) is 6.40. The molecule has 3 atom stereocenters. The summed E-state index contributed by atoms with van der Waals surface area (Å²) in [6, 6.07) is -0.114. The first-order valence-corrected chi connectivity index (χ1v) is 9.99. The monoisotopic (exact) mass is 347 g/mol. The molecule has 0 spiro atoms. The smallest absolute Gasteiger partial charge is 0.150 e. The zero-order valence-corrected chi connectivity index (χ0v) is 16.0. The molecule has 1 heterocycles. The summed E-state index contributed by atoms with van der Waals surface area (Å²) in [6.07, 6.45) is 1.02. The van der Waals surface area contributed by atoms with Crippen LogP contribution in [0.15, 0.2) is 12.3 Å². The maximum atomic E-state index is 11.8. The summed E-state index contributed by atoms with van der Waals surface area (Å²) < 4.78 is 23.6. The van der Waals surface area contributed by atoms with E-state index in [1.807, 2.05) is 44.9 Å². The fraction of sp³-hybridized carbons (Fsp3) is 0.875. The minimum atomic E-state index is -2.95. The highest BCUT2D eigenvalue weighted by Gasteiger charge is 2.30. The third-order valence-electron chi connectivity index (χ3n) is 4.58. The molecule has 1 rings (SSSR count). The Bertz CT molecular complexity index is 493. The number of allylic oxidation sites excluding steroid dienone is 1. The number of sulfone groups is 1. The molecule has 3 unspecified atom stereocenters. The van der Waals surface area contributed by atoms with Gasteiger partial charge in [0.05, 0.1) is 23.7 Å². The third kappa shape index (κ3) is 6.41. The molecular formula is C16H33N3O3S. The van der Waals surface area contributed by atoms with Crippen molar-refractivity contribution in [3.05, 3.63) is 12.3 Å². The van der Waals surface area contributed by atoms with E-state index < -0.39 is 15.9 Å². The molecule has 0 aromatic carbocycles. The molecule has 0 amide bonds. The van der Waals surface area contributed by atoms with Gasteiger partial charge in [-0.3, -0.25) is 9.80 Å². The van der Waals surface area contributed by atoms with E-state index >= 15 is 0 Å². The van der Waals surface area contributed by atoms with E-state index in [0.29, 0.717) is 13.0 Å². The van der Waals surface area contributed by atoms with Crippen molar-refractivity contribution in [3.8, 4) is 0 Å². The Morgan fingerprint density at radius 3 is 2.43 bits per heavy atom. The van der Waals surface area contributed by atoms with Gasteiger partial charge in [0.2, 0.25) is 0 Å². The minimum absolute atomic E-state index is 0.0343. The lowest BCUT2D eigenvalue weighted by molar-refractivity contribution is 0.0456. The molecule has 0 bridgehead atoms. The zero-order valence-electron chi connectivity index (χ0n) is 15.2. The molecule has 0 aliphatic carbocycles. The summed E-state index contributed by atoms with van der Waals surface area (Å²) in [7, 11) is 4.89. The second-order valence-corrected chi connectivity index (χ2v) is 9.35. The zero-order chi connectivity index (χ0) is 17.8. The summed E-state index contributed by atoms with van der Waals surface area (Å²) in [5, 5.41) is 10.5. The van der Waals surface area contributed by atoms with Gasteiger partial charge in [-0.2, -0.15) is 0 Å². The first-order chi connectivity index (χ1) is 10.5. The van der Waals surface area contributed by atoms with Gasteiger partial charge < -0.3 is 10.0 Å². The summed E-state index contributed by atoms with van der Waals surface area (Å²) in [4.78, 5) is 6.05. The van der Waals surface area contributed by atoms with Gasteiger partial charge in [0.25, 0.3) is 0 Å². The fourth-order valence-corrected chi connectivity index (χ4v) is 4.85. The molecule has 1 N–H and O–H groups in total. The Kier molecular flexibility index (Phi) is 7.51. The number of hydrogen-bond acceptors (Lipinski definition) is 6. The van der Waals surface area contributed by atoms with E-state index in [-0.39, 0.29) is 23.5 Å². The Morgan fingerprint density at radius 1 is 1.30 bits per heavy atom. The van der Waals surface area contributed by atoms with Gasteiger partial charge in [-0.25, -0.2) is 8.42 Å². The second-order valence-electron chi connectivity index (χ2n) is 7.12. The van der Waals surface area contributed by atoms with Crippen molar-refractivity contribution in [1.82, 2.24) is 14.7 Å². The van der Waals surface area contributed by atoms with Crippen LogP contribution in [-0.4, -0.2) is 93.3 Å². The second kappa shape index (κ2) is 8.46. The largest absolute Gasteiger partial charge is 0.390 e. The van der Waals surface area contributed by atoms with Gasteiger partial charge in [0.15, 0.2) is 9.84 Å². The Labute approximate surface area is 141 Å². The number of aliphatic hydroxyl groups is 1. The van der Waals surface area contributed by atoms with E-state index in [1.54, 1.807) is 0 Å². The van der Waals surface area contributed by atoms with Crippen LogP contribution in [0.4, 0.5) is 0 Å². The molecule has 0 radical (unpaired) electrons. The lowest BCUT2D eigenvalue weighted by Gasteiger charge is -2.37. The van der Waals surface area contributed by atoms with Crippen LogP contribution < -0.4 is 0 Å². The topological polar surface area (TPSA) is 64.1 Å². The number of hydrogen-bond donors (Lipinski definition) is 1. The van der Waals surface area contributed by atoms with Crippen molar-refractivity contribution in [2.45, 2.75) is 31.9 Å². The van der Waals surface area contributed by atoms with Gasteiger partial charge >= 0.3 is 0 Å². The van der Waals surface area contributed by atoms with Crippen LogP contribution in [0, 0.1) is 5.92 Å². The molecule has 0 saturated carbocycles. The molecule has 23 heavy (non-hydrogen) atoms. The number of likely N-dealkylation sites (N-methyl/N-ethyl adjacent to an activating group) is 2. The van der Waals surface area contributed by atoms with Crippen LogP contribution in [0.2, 0.25) is 0 Å². The van der Waals surface area contributed by atoms with Gasteiger partial charge in [-0.1, -0.05) is 6.58 Å². The maximum Gasteiger partial charge on any atom is 0.150 e. The number of nitrogens with zero attached hydrogens (tertiary/aromatic N) is 3. The first-order valence-electron chi connectivity index (χ1n) is 8.17. The fourth-order valence-electron chi connectivity index (χ4n) is 3.11. The molecule has 7 heteroatoms. The molecular weight excluding hydrogens is 314 g/mol. The van der Waals surface area contributed by atoms with Gasteiger partial charge in [-0.05, 0) is 40.9 Å². The highest BCUT2D eigenvalue weighted by atomic mass is 32.2. The molecule has 1 aliphatic heterocycles. The highest BCUT2D eigenvalue weighted by molar-refractivity contribution is 7.91. The average molecular weight is 348 g/mol. The lowest BCUT2D eigenvalue weighted by Crippen LogP contribution is -2.47. The van der Waals surface area contributed by atoms with Crippen molar-refractivity contribution in [3.63, 3.8) is 0 Å². The molecule has 1 fully saturated rings. The summed E-state index contributed by atoms with van der Waals surface area (Å²) in [5.74, 6) is 0.431. The van der Waals surface area contributed by atoms with Gasteiger partial charge in [-0.15, -0.1) is 0 Å². The van der Waals surface area contributed by atoms with Gasteiger partial charge in [0.1, 0.15) is 0 Å². The normalized spacial score (nSPS) is 23.7. The van der Waals surface area contributed by atoms with Crippen LogP contribution in [0.1, 0.15) is 19.8 Å². The predicted octanol–water partition coefficient (Wildman–Crippen LogP) is 0.457. The van der Waals surface area contributed by atoms with E-state index in [2.05, 4.69) is 11.5 Å². The quantitative estimate of drug-likeness (QED) is 0.644. The van der Waals surface area contributed by atoms with Gasteiger partial charge in [0, 0.05) is 31.9 Å². The Hall–Kier alpha value is -0.630. The Morgan fingerprint density at radius 2 is 1.91 bits per heavy atom. The molecule has 0 aromatic rings. The molecule has 1 saturated heterocycles. The molecule has 6 nitrogen and oxygen atoms in total.